The number of nitrogens with zero attached hydrogens (tertiary/aromatic N) is 1. The second kappa shape index (κ2) is 4.90. The first-order chi connectivity index (χ1) is 8.16. The number of rotatable bonds is 4. The van der Waals surface area contributed by atoms with Crippen molar-refractivity contribution in [1.29, 1.82) is 0 Å². The third-order valence-corrected chi connectivity index (χ3v) is 2.37. The average Bonchev–Trinajstić information content (AvgIpc) is 3.10. The van der Waals surface area contributed by atoms with Gasteiger partial charge in [0.25, 0.3) is 5.91 Å². The Kier molecular flexibility index (Phi) is 3.32. The zero-order valence-electron chi connectivity index (χ0n) is 9.07. The fourth-order valence-electron chi connectivity index (χ4n) is 1.32. The number of amides is 2. The van der Waals surface area contributed by atoms with Crippen molar-refractivity contribution >= 4 is 11.8 Å². The molecule has 0 atom stereocenters. The van der Waals surface area contributed by atoms with Crippen LogP contribution < -0.4 is 10.6 Å². The van der Waals surface area contributed by atoms with E-state index >= 15 is 0 Å². The molecule has 90 valence electrons. The number of aromatic nitrogens is 1. The maximum Gasteiger partial charge on any atom is 0.254 e. The molecule has 1 aliphatic carbocycles. The van der Waals surface area contributed by atoms with E-state index in [9.17, 15) is 14.0 Å². The number of hydrogen-bond donors (Lipinski definition) is 2. The molecular formula is C11H12FN3O2. The van der Waals surface area contributed by atoms with Gasteiger partial charge in [-0.25, -0.2) is 4.39 Å². The van der Waals surface area contributed by atoms with Gasteiger partial charge in [0, 0.05) is 12.2 Å². The maximum atomic E-state index is 13.2. The van der Waals surface area contributed by atoms with Crippen LogP contribution in [0.4, 0.5) is 4.39 Å². The van der Waals surface area contributed by atoms with Gasteiger partial charge in [-0.1, -0.05) is 0 Å². The summed E-state index contributed by atoms with van der Waals surface area (Å²) in [6.07, 6.45) is 4.25. The third kappa shape index (κ3) is 3.24. The van der Waals surface area contributed by atoms with Gasteiger partial charge in [0.2, 0.25) is 5.91 Å². The molecule has 0 unspecified atom stereocenters. The summed E-state index contributed by atoms with van der Waals surface area (Å²) < 4.78 is 13.2. The molecule has 2 amide bonds. The number of carbonyl (C=O) groups is 2. The fraction of sp³-hybridized carbons (Fsp3) is 0.364. The van der Waals surface area contributed by atoms with Crippen molar-refractivity contribution in [1.82, 2.24) is 15.6 Å². The molecule has 0 radical (unpaired) electrons. The molecular weight excluding hydrogens is 225 g/mol. The molecule has 17 heavy (non-hydrogen) atoms. The van der Waals surface area contributed by atoms with Crippen LogP contribution in [0.1, 0.15) is 23.2 Å². The number of nitrogens with one attached hydrogen (secondary N) is 2. The standard InChI is InChI=1S/C11H12FN3O2/c12-9-5-13-4-3-8(9)11(17)14-6-10(16)15-7-1-2-7/h3-5,7H,1-2,6H2,(H,14,17)(H,15,16). The van der Waals surface area contributed by atoms with Gasteiger partial charge < -0.3 is 10.6 Å². The van der Waals surface area contributed by atoms with Crippen LogP contribution in [0, 0.1) is 5.82 Å². The highest BCUT2D eigenvalue weighted by atomic mass is 19.1. The first-order valence-electron chi connectivity index (χ1n) is 5.34. The second-order valence-electron chi connectivity index (χ2n) is 3.88. The van der Waals surface area contributed by atoms with Crippen molar-refractivity contribution in [2.75, 3.05) is 6.54 Å². The Bertz CT molecular complexity index is 446. The van der Waals surface area contributed by atoms with Crippen LogP contribution in [0.5, 0.6) is 0 Å². The van der Waals surface area contributed by atoms with Gasteiger partial charge in [-0.2, -0.15) is 0 Å². The monoisotopic (exact) mass is 237 g/mol. The second-order valence-corrected chi connectivity index (χ2v) is 3.88. The summed E-state index contributed by atoms with van der Waals surface area (Å²) in [7, 11) is 0. The molecule has 1 heterocycles. The molecule has 1 aromatic rings. The van der Waals surface area contributed by atoms with E-state index in [2.05, 4.69) is 15.6 Å². The van der Waals surface area contributed by atoms with Crippen LogP contribution >= 0.6 is 0 Å². The lowest BCUT2D eigenvalue weighted by Gasteiger charge is -2.06. The topological polar surface area (TPSA) is 71.1 Å². The van der Waals surface area contributed by atoms with Crippen LogP contribution in [-0.4, -0.2) is 29.4 Å². The minimum absolute atomic E-state index is 0.112. The Morgan fingerprint density at radius 2 is 2.24 bits per heavy atom. The molecule has 0 aliphatic heterocycles. The van der Waals surface area contributed by atoms with Gasteiger partial charge in [-0.3, -0.25) is 14.6 Å². The Hall–Kier alpha value is -1.98. The summed E-state index contributed by atoms with van der Waals surface area (Å²) in [5, 5.41) is 5.07. The highest BCUT2D eigenvalue weighted by molar-refractivity contribution is 5.96. The summed E-state index contributed by atoms with van der Waals surface area (Å²) in [5.41, 5.74) is -0.112. The fourth-order valence-corrected chi connectivity index (χ4v) is 1.32. The predicted molar refractivity (Wildman–Crippen MR) is 57.7 cm³/mol. The molecule has 0 spiro atoms. The van der Waals surface area contributed by atoms with Crippen molar-refractivity contribution in [2.24, 2.45) is 0 Å². The normalized spacial score (nSPS) is 14.2. The van der Waals surface area contributed by atoms with Crippen molar-refractivity contribution < 1.29 is 14.0 Å². The Balaban J connectivity index is 1.84. The lowest BCUT2D eigenvalue weighted by Crippen LogP contribution is -2.38. The van der Waals surface area contributed by atoms with Gasteiger partial charge in [0.05, 0.1) is 18.3 Å². The minimum atomic E-state index is -0.701. The van der Waals surface area contributed by atoms with Gasteiger partial charge in [-0.05, 0) is 18.9 Å². The van der Waals surface area contributed by atoms with E-state index in [1.165, 1.54) is 12.3 Å². The molecule has 1 fully saturated rings. The molecule has 0 saturated heterocycles. The summed E-state index contributed by atoms with van der Waals surface area (Å²) >= 11 is 0. The van der Waals surface area contributed by atoms with Crippen molar-refractivity contribution in [3.8, 4) is 0 Å². The van der Waals surface area contributed by atoms with Crippen LogP contribution in [0.2, 0.25) is 0 Å². The van der Waals surface area contributed by atoms with Crippen LogP contribution in [-0.2, 0) is 4.79 Å². The minimum Gasteiger partial charge on any atom is -0.352 e. The molecule has 2 rings (SSSR count). The Morgan fingerprint density at radius 3 is 2.88 bits per heavy atom. The molecule has 1 aromatic heterocycles. The Morgan fingerprint density at radius 1 is 1.47 bits per heavy atom. The molecule has 1 saturated carbocycles. The van der Waals surface area contributed by atoms with Gasteiger partial charge in [0.15, 0.2) is 5.82 Å². The smallest absolute Gasteiger partial charge is 0.254 e. The van der Waals surface area contributed by atoms with Gasteiger partial charge >= 0.3 is 0 Å². The molecule has 6 heteroatoms. The van der Waals surface area contributed by atoms with E-state index in [1.54, 1.807) is 0 Å². The van der Waals surface area contributed by atoms with Crippen LogP contribution in [0.25, 0.3) is 0 Å². The summed E-state index contributed by atoms with van der Waals surface area (Å²) in [6, 6.07) is 1.51. The summed E-state index contributed by atoms with van der Waals surface area (Å²) in [5.74, 6) is -1.57. The summed E-state index contributed by atoms with van der Waals surface area (Å²) in [4.78, 5) is 26.3. The van der Waals surface area contributed by atoms with E-state index in [1.807, 2.05) is 0 Å². The highest BCUT2D eigenvalue weighted by Gasteiger charge is 2.23. The van der Waals surface area contributed by atoms with Crippen LogP contribution in [0.3, 0.4) is 0 Å². The van der Waals surface area contributed by atoms with E-state index in [-0.39, 0.29) is 24.1 Å². The van der Waals surface area contributed by atoms with Crippen molar-refractivity contribution in [3.05, 3.63) is 29.8 Å². The zero-order chi connectivity index (χ0) is 12.3. The largest absolute Gasteiger partial charge is 0.352 e. The van der Waals surface area contributed by atoms with Crippen molar-refractivity contribution in [2.45, 2.75) is 18.9 Å². The van der Waals surface area contributed by atoms with Crippen molar-refractivity contribution in [3.63, 3.8) is 0 Å². The van der Waals surface area contributed by atoms with Gasteiger partial charge in [-0.15, -0.1) is 0 Å². The molecule has 0 aromatic carbocycles. The molecule has 1 aliphatic rings. The number of halogens is 1. The average molecular weight is 237 g/mol. The molecule has 2 N–H and O–H groups in total. The molecule has 0 bridgehead atoms. The third-order valence-electron chi connectivity index (χ3n) is 2.37. The highest BCUT2D eigenvalue weighted by Crippen LogP contribution is 2.18. The summed E-state index contributed by atoms with van der Waals surface area (Å²) in [6.45, 7) is -0.142. The van der Waals surface area contributed by atoms with Gasteiger partial charge in [0.1, 0.15) is 0 Å². The number of hydrogen-bond acceptors (Lipinski definition) is 3. The Labute approximate surface area is 97.4 Å². The SMILES string of the molecule is O=C(CNC(=O)c1ccncc1F)NC1CC1. The predicted octanol–water partition coefficient (Wildman–Crippen LogP) is 0.229. The number of pyridine rings is 1. The first kappa shape index (κ1) is 11.5. The lowest BCUT2D eigenvalue weighted by molar-refractivity contribution is -0.120. The zero-order valence-corrected chi connectivity index (χ0v) is 9.07. The van der Waals surface area contributed by atoms with E-state index in [0.717, 1.165) is 19.0 Å². The van der Waals surface area contributed by atoms with Crippen LogP contribution in [0.15, 0.2) is 18.5 Å². The quantitative estimate of drug-likeness (QED) is 0.787. The number of carbonyl (C=O) groups excluding carboxylic acids is 2. The van der Waals surface area contributed by atoms with E-state index < -0.39 is 11.7 Å². The maximum absolute atomic E-state index is 13.2. The van der Waals surface area contributed by atoms with E-state index in [4.69, 9.17) is 0 Å². The molecule has 5 nitrogen and oxygen atoms in total. The van der Waals surface area contributed by atoms with E-state index in [0.29, 0.717) is 0 Å². The first-order valence-corrected chi connectivity index (χ1v) is 5.34. The lowest BCUT2D eigenvalue weighted by atomic mass is 10.2.